The Kier molecular flexibility index (Phi) is 4.03. The van der Waals surface area contributed by atoms with Crippen molar-refractivity contribution < 1.29 is 0 Å². The van der Waals surface area contributed by atoms with E-state index < -0.39 is 0 Å². The fourth-order valence-electron chi connectivity index (χ4n) is 3.04. The van der Waals surface area contributed by atoms with Gasteiger partial charge >= 0.3 is 0 Å². The van der Waals surface area contributed by atoms with Gasteiger partial charge in [-0.05, 0) is 41.6 Å². The van der Waals surface area contributed by atoms with Crippen LogP contribution in [0.15, 0.2) is 65.5 Å². The van der Waals surface area contributed by atoms with Crippen LogP contribution >= 0.6 is 23.8 Å². The van der Waals surface area contributed by atoms with Gasteiger partial charge in [0.25, 0.3) is 5.56 Å². The van der Waals surface area contributed by atoms with Crippen molar-refractivity contribution in [2.75, 3.05) is 5.32 Å². The van der Waals surface area contributed by atoms with Gasteiger partial charge in [-0.25, -0.2) is 0 Å². The molecule has 4 rings (SSSR count). The summed E-state index contributed by atoms with van der Waals surface area (Å²) in [7, 11) is 0. The first-order chi connectivity index (χ1) is 12.1. The molecule has 0 amide bonds. The zero-order valence-electron chi connectivity index (χ0n) is 13.0. The highest BCUT2D eigenvalue weighted by atomic mass is 35.5. The van der Waals surface area contributed by atoms with Gasteiger partial charge in [-0.2, -0.15) is 0 Å². The molecule has 2 heterocycles. The zero-order valence-corrected chi connectivity index (χ0v) is 14.6. The average Bonchev–Trinajstić information content (AvgIpc) is 2.62. The third kappa shape index (κ3) is 3.04. The maximum absolute atomic E-state index is 12.5. The molecule has 3 N–H and O–H groups in total. The van der Waals surface area contributed by atoms with E-state index in [1.807, 2.05) is 60.7 Å². The van der Waals surface area contributed by atoms with Crippen LogP contribution in [0, 0.1) is 4.77 Å². The topological polar surface area (TPSA) is 60.7 Å². The zero-order chi connectivity index (χ0) is 17.4. The number of aromatic nitrogens is 2. The van der Waals surface area contributed by atoms with E-state index in [-0.39, 0.29) is 11.5 Å². The van der Waals surface area contributed by atoms with Crippen LogP contribution in [0.1, 0.15) is 22.6 Å². The van der Waals surface area contributed by atoms with E-state index in [9.17, 15) is 4.79 Å². The SMILES string of the molecule is O=c1[nH]c(=S)[nH]c2c1C(c1ccccc1)C=C(c1ccc(Cl)cc1)N2. The molecule has 25 heavy (non-hydrogen) atoms. The van der Waals surface area contributed by atoms with Gasteiger partial charge in [0.1, 0.15) is 5.82 Å². The predicted molar refractivity (Wildman–Crippen MR) is 104 cm³/mol. The summed E-state index contributed by atoms with van der Waals surface area (Å²) in [6.07, 6.45) is 2.05. The Morgan fingerprint density at radius 3 is 2.40 bits per heavy atom. The van der Waals surface area contributed by atoms with Crippen LogP contribution in [0.2, 0.25) is 5.02 Å². The number of nitrogens with one attached hydrogen (secondary N) is 3. The Morgan fingerprint density at radius 1 is 0.960 bits per heavy atom. The second-order valence-corrected chi connectivity index (χ2v) is 6.64. The predicted octanol–water partition coefficient (Wildman–Crippen LogP) is 4.68. The molecule has 0 fully saturated rings. The van der Waals surface area contributed by atoms with Gasteiger partial charge in [0, 0.05) is 16.6 Å². The molecule has 1 unspecified atom stereocenters. The molecule has 1 atom stereocenters. The van der Waals surface area contributed by atoms with Crippen LogP contribution < -0.4 is 10.9 Å². The third-order valence-electron chi connectivity index (χ3n) is 4.20. The van der Waals surface area contributed by atoms with Crippen molar-refractivity contribution in [2.45, 2.75) is 5.92 Å². The number of hydrogen-bond donors (Lipinski definition) is 3. The lowest BCUT2D eigenvalue weighted by atomic mass is 9.88. The molecule has 0 radical (unpaired) electrons. The monoisotopic (exact) mass is 367 g/mol. The molecule has 1 aliphatic heterocycles. The van der Waals surface area contributed by atoms with Crippen LogP contribution in [0.5, 0.6) is 0 Å². The first-order valence-electron chi connectivity index (χ1n) is 7.78. The minimum absolute atomic E-state index is 0.182. The second-order valence-electron chi connectivity index (χ2n) is 5.80. The van der Waals surface area contributed by atoms with E-state index in [1.54, 1.807) is 0 Å². The summed E-state index contributed by atoms with van der Waals surface area (Å²) in [6, 6.07) is 17.5. The van der Waals surface area contributed by atoms with Crippen LogP contribution in [-0.4, -0.2) is 9.97 Å². The number of fused-ring (bicyclic) bond motifs is 1. The summed E-state index contributed by atoms with van der Waals surface area (Å²) in [5, 5.41) is 3.97. The molecule has 0 spiro atoms. The average molecular weight is 368 g/mol. The maximum atomic E-state index is 12.5. The van der Waals surface area contributed by atoms with Crippen LogP contribution in [-0.2, 0) is 0 Å². The smallest absolute Gasteiger partial charge is 0.257 e. The highest BCUT2D eigenvalue weighted by molar-refractivity contribution is 7.71. The lowest BCUT2D eigenvalue weighted by Gasteiger charge is -2.25. The van der Waals surface area contributed by atoms with Gasteiger partial charge in [-0.1, -0.05) is 54.1 Å². The van der Waals surface area contributed by atoms with Gasteiger partial charge in [0.2, 0.25) is 0 Å². The highest BCUT2D eigenvalue weighted by Crippen LogP contribution is 2.36. The quantitative estimate of drug-likeness (QED) is 0.576. The molecule has 0 saturated carbocycles. The Morgan fingerprint density at radius 2 is 1.68 bits per heavy atom. The van der Waals surface area contributed by atoms with Gasteiger partial charge in [-0.15, -0.1) is 0 Å². The Labute approximate surface area is 154 Å². The summed E-state index contributed by atoms with van der Waals surface area (Å²) in [5.74, 6) is 0.439. The highest BCUT2D eigenvalue weighted by Gasteiger charge is 2.25. The van der Waals surface area contributed by atoms with Crippen molar-refractivity contribution in [2.24, 2.45) is 0 Å². The molecule has 0 bridgehead atoms. The van der Waals surface area contributed by atoms with E-state index in [4.69, 9.17) is 23.8 Å². The molecule has 4 nitrogen and oxygen atoms in total. The summed E-state index contributed by atoms with van der Waals surface area (Å²) in [6.45, 7) is 0. The number of H-pyrrole nitrogens is 2. The van der Waals surface area contributed by atoms with Crippen molar-refractivity contribution in [3.8, 4) is 0 Å². The molecular weight excluding hydrogens is 354 g/mol. The number of rotatable bonds is 2. The third-order valence-corrected chi connectivity index (χ3v) is 4.65. The molecule has 124 valence electrons. The second kappa shape index (κ2) is 6.35. The number of aromatic amines is 2. The van der Waals surface area contributed by atoms with Crippen molar-refractivity contribution in [3.05, 3.63) is 97.5 Å². The summed E-state index contributed by atoms with van der Waals surface area (Å²) in [5.41, 5.74) is 3.35. The van der Waals surface area contributed by atoms with Crippen molar-refractivity contribution in [1.82, 2.24) is 9.97 Å². The lowest BCUT2D eigenvalue weighted by molar-refractivity contribution is 0.930. The summed E-state index contributed by atoms with van der Waals surface area (Å²) in [4.78, 5) is 18.3. The van der Waals surface area contributed by atoms with Crippen molar-refractivity contribution in [3.63, 3.8) is 0 Å². The lowest BCUT2D eigenvalue weighted by Crippen LogP contribution is -2.24. The van der Waals surface area contributed by atoms with E-state index in [0.717, 1.165) is 16.8 Å². The van der Waals surface area contributed by atoms with E-state index >= 15 is 0 Å². The van der Waals surface area contributed by atoms with Crippen LogP contribution in [0.4, 0.5) is 5.82 Å². The maximum Gasteiger partial charge on any atom is 0.257 e. The van der Waals surface area contributed by atoms with Gasteiger partial charge in [-0.3, -0.25) is 9.78 Å². The largest absolute Gasteiger partial charge is 0.341 e. The Hall–Kier alpha value is -2.63. The number of hydrogen-bond acceptors (Lipinski definition) is 3. The molecular formula is C19H14ClN3OS. The Bertz CT molecular complexity index is 1070. The molecule has 6 heteroatoms. The molecule has 0 aliphatic carbocycles. The fraction of sp³-hybridized carbons (Fsp3) is 0.0526. The first-order valence-corrected chi connectivity index (χ1v) is 8.56. The Balaban J connectivity index is 1.92. The summed E-state index contributed by atoms with van der Waals surface area (Å²) < 4.78 is 0.292. The summed E-state index contributed by atoms with van der Waals surface area (Å²) >= 11 is 11.1. The van der Waals surface area contributed by atoms with Gasteiger partial charge in [0.05, 0.1) is 5.56 Å². The minimum atomic E-state index is -0.188. The molecule has 0 saturated heterocycles. The number of halogens is 1. The molecule has 2 aromatic carbocycles. The minimum Gasteiger partial charge on any atom is -0.341 e. The number of benzene rings is 2. The number of anilines is 1. The van der Waals surface area contributed by atoms with Gasteiger partial charge in [0.15, 0.2) is 4.77 Å². The molecule has 1 aliphatic rings. The fourth-order valence-corrected chi connectivity index (χ4v) is 3.36. The first kappa shape index (κ1) is 15.9. The van der Waals surface area contributed by atoms with Crippen molar-refractivity contribution >= 4 is 35.3 Å². The normalized spacial score (nSPS) is 15.9. The molecule has 1 aromatic heterocycles. The van der Waals surface area contributed by atoms with E-state index in [0.29, 0.717) is 21.2 Å². The van der Waals surface area contributed by atoms with E-state index in [1.165, 1.54) is 0 Å². The van der Waals surface area contributed by atoms with Crippen molar-refractivity contribution in [1.29, 1.82) is 0 Å². The molecule has 3 aromatic rings. The van der Waals surface area contributed by atoms with Crippen LogP contribution in [0.3, 0.4) is 0 Å². The standard InChI is InChI=1S/C19H14ClN3OS/c20-13-8-6-12(7-9-13)15-10-14(11-4-2-1-3-5-11)16-17(21-15)22-19(25)23-18(16)24/h1-10,14H,(H3,21,22,23,24,25). The van der Waals surface area contributed by atoms with Gasteiger partial charge < -0.3 is 10.3 Å². The van der Waals surface area contributed by atoms with E-state index in [2.05, 4.69) is 15.3 Å². The van der Waals surface area contributed by atoms with Crippen LogP contribution in [0.25, 0.3) is 5.70 Å². The number of allylic oxidation sites excluding steroid dienone is 1.